The first-order valence-electron chi connectivity index (χ1n) is 11.3. The lowest BCUT2D eigenvalue weighted by Crippen LogP contribution is -2.51. The van der Waals surface area contributed by atoms with Crippen molar-refractivity contribution in [1.29, 1.82) is 0 Å². The minimum absolute atomic E-state index is 0.0886. The second-order valence-corrected chi connectivity index (χ2v) is 9.05. The highest BCUT2D eigenvalue weighted by atomic mass is 16.6. The summed E-state index contributed by atoms with van der Waals surface area (Å²) in [5.41, 5.74) is 0. The Morgan fingerprint density at radius 2 is 1.87 bits per heavy atom. The van der Waals surface area contributed by atoms with E-state index in [1.54, 1.807) is 0 Å². The zero-order chi connectivity index (χ0) is 22.1. The topological polar surface area (TPSA) is 114 Å². The fourth-order valence-corrected chi connectivity index (χ4v) is 4.30. The molecule has 2 aliphatic rings. The third kappa shape index (κ3) is 7.61. The molecule has 30 heavy (non-hydrogen) atoms. The third-order valence-corrected chi connectivity index (χ3v) is 6.15. The maximum atomic E-state index is 12.8. The smallest absolute Gasteiger partial charge is 0.408 e. The number of hydrogen-bond acceptors (Lipinski definition) is 5. The maximum absolute atomic E-state index is 12.8. The molecular formula is C22H37N3O5. The van der Waals surface area contributed by atoms with Crippen molar-refractivity contribution in [3.05, 3.63) is 0 Å². The third-order valence-electron chi connectivity index (χ3n) is 6.15. The van der Waals surface area contributed by atoms with Crippen LogP contribution < -0.4 is 16.0 Å². The number of ether oxygens (including phenoxy) is 1. The van der Waals surface area contributed by atoms with Gasteiger partial charge in [-0.05, 0) is 56.8 Å². The molecule has 1 aliphatic carbocycles. The molecule has 0 radical (unpaired) electrons. The molecule has 0 bridgehead atoms. The number of carbonyl (C=O) groups is 4. The van der Waals surface area contributed by atoms with Crippen LogP contribution in [0, 0.1) is 17.8 Å². The van der Waals surface area contributed by atoms with Crippen molar-refractivity contribution in [3.63, 3.8) is 0 Å². The van der Waals surface area contributed by atoms with Crippen molar-refractivity contribution in [2.75, 3.05) is 6.54 Å². The zero-order valence-corrected chi connectivity index (χ0v) is 18.4. The molecule has 0 aromatic heterocycles. The summed E-state index contributed by atoms with van der Waals surface area (Å²) < 4.78 is 5.55. The fourth-order valence-electron chi connectivity index (χ4n) is 4.30. The zero-order valence-electron chi connectivity index (χ0n) is 18.4. The van der Waals surface area contributed by atoms with Crippen LogP contribution >= 0.6 is 0 Å². The van der Waals surface area contributed by atoms with Gasteiger partial charge in [-0.3, -0.25) is 9.59 Å². The van der Waals surface area contributed by atoms with Crippen molar-refractivity contribution in [3.8, 4) is 0 Å². The van der Waals surface area contributed by atoms with E-state index in [0.717, 1.165) is 32.1 Å². The summed E-state index contributed by atoms with van der Waals surface area (Å²) in [6.07, 6.45) is 6.26. The van der Waals surface area contributed by atoms with Crippen molar-refractivity contribution in [1.82, 2.24) is 16.0 Å². The number of aldehydes is 1. The Bertz CT molecular complexity index is 602. The molecule has 3 N–H and O–H groups in total. The van der Waals surface area contributed by atoms with Crippen LogP contribution in [0.15, 0.2) is 0 Å². The second-order valence-electron chi connectivity index (χ2n) is 9.05. The van der Waals surface area contributed by atoms with Gasteiger partial charge in [-0.2, -0.15) is 0 Å². The summed E-state index contributed by atoms with van der Waals surface area (Å²) in [4.78, 5) is 48.4. The highest BCUT2D eigenvalue weighted by molar-refractivity contribution is 5.88. The number of rotatable bonds is 10. The lowest BCUT2D eigenvalue weighted by Gasteiger charge is -2.28. The molecule has 1 heterocycles. The molecular weight excluding hydrogens is 386 g/mol. The van der Waals surface area contributed by atoms with Gasteiger partial charge in [-0.25, -0.2) is 4.79 Å². The van der Waals surface area contributed by atoms with Crippen LogP contribution in [0.25, 0.3) is 0 Å². The van der Waals surface area contributed by atoms with E-state index in [0.29, 0.717) is 31.6 Å². The Morgan fingerprint density at radius 1 is 1.17 bits per heavy atom. The Kier molecular flexibility index (Phi) is 9.59. The van der Waals surface area contributed by atoms with Gasteiger partial charge < -0.3 is 25.5 Å². The molecule has 0 aromatic rings. The molecule has 2 unspecified atom stereocenters. The van der Waals surface area contributed by atoms with Gasteiger partial charge in [0.25, 0.3) is 0 Å². The summed E-state index contributed by atoms with van der Waals surface area (Å²) in [6, 6.07) is -1.55. The SMILES string of the molecule is CCC1CCC(OC(=O)NC(CC(C)C)C(=O)NC(C=O)C[C@@H]2CCNC2=O)CC1. The molecule has 170 valence electrons. The van der Waals surface area contributed by atoms with Gasteiger partial charge in [0, 0.05) is 12.5 Å². The van der Waals surface area contributed by atoms with Gasteiger partial charge in [0.15, 0.2) is 0 Å². The van der Waals surface area contributed by atoms with Crippen LogP contribution in [0.5, 0.6) is 0 Å². The van der Waals surface area contributed by atoms with Crippen LogP contribution in [-0.2, 0) is 19.1 Å². The maximum Gasteiger partial charge on any atom is 0.408 e. The van der Waals surface area contributed by atoms with Crippen molar-refractivity contribution in [2.24, 2.45) is 17.8 Å². The van der Waals surface area contributed by atoms with Gasteiger partial charge >= 0.3 is 6.09 Å². The van der Waals surface area contributed by atoms with E-state index in [2.05, 4.69) is 22.9 Å². The molecule has 1 aliphatic heterocycles. The normalized spacial score (nSPS) is 25.9. The van der Waals surface area contributed by atoms with Crippen molar-refractivity contribution < 1.29 is 23.9 Å². The molecule has 1 saturated carbocycles. The summed E-state index contributed by atoms with van der Waals surface area (Å²) in [5, 5.41) is 8.10. The second kappa shape index (κ2) is 11.9. The minimum Gasteiger partial charge on any atom is -0.446 e. The number of nitrogens with one attached hydrogen (secondary N) is 3. The van der Waals surface area contributed by atoms with E-state index in [1.807, 2.05) is 13.8 Å². The predicted molar refractivity (Wildman–Crippen MR) is 113 cm³/mol. The van der Waals surface area contributed by atoms with Gasteiger partial charge in [-0.1, -0.05) is 27.2 Å². The summed E-state index contributed by atoms with van der Waals surface area (Å²) in [5.74, 6) is 0.0753. The van der Waals surface area contributed by atoms with E-state index in [-0.39, 0.29) is 30.3 Å². The van der Waals surface area contributed by atoms with E-state index in [4.69, 9.17) is 4.74 Å². The highest BCUT2D eigenvalue weighted by Crippen LogP contribution is 2.28. The fraction of sp³-hybridized carbons (Fsp3) is 0.818. The van der Waals surface area contributed by atoms with Crippen LogP contribution in [0.2, 0.25) is 0 Å². The van der Waals surface area contributed by atoms with Gasteiger partial charge in [0.05, 0.1) is 6.04 Å². The highest BCUT2D eigenvalue weighted by Gasteiger charge is 2.31. The molecule has 3 amide bonds. The molecule has 8 heteroatoms. The van der Waals surface area contributed by atoms with Crippen LogP contribution in [-0.4, -0.2) is 48.9 Å². The number of hydrogen-bond donors (Lipinski definition) is 3. The van der Waals surface area contributed by atoms with Crippen LogP contribution in [0.1, 0.15) is 72.1 Å². The molecule has 2 fully saturated rings. The van der Waals surface area contributed by atoms with Crippen molar-refractivity contribution in [2.45, 2.75) is 90.3 Å². The van der Waals surface area contributed by atoms with Crippen molar-refractivity contribution >= 4 is 24.2 Å². The minimum atomic E-state index is -0.788. The quantitative estimate of drug-likeness (QED) is 0.467. The van der Waals surface area contributed by atoms with E-state index in [1.165, 1.54) is 0 Å². The van der Waals surface area contributed by atoms with Gasteiger partial charge in [-0.15, -0.1) is 0 Å². The van der Waals surface area contributed by atoms with Gasteiger partial charge in [0.1, 0.15) is 18.4 Å². The summed E-state index contributed by atoms with van der Waals surface area (Å²) in [7, 11) is 0. The Morgan fingerprint density at radius 3 is 2.40 bits per heavy atom. The molecule has 8 nitrogen and oxygen atoms in total. The average molecular weight is 424 g/mol. The Labute approximate surface area is 179 Å². The number of amides is 3. The molecule has 3 atom stereocenters. The Balaban J connectivity index is 1.88. The molecule has 2 rings (SSSR count). The number of carbonyl (C=O) groups excluding carboxylic acids is 4. The van der Waals surface area contributed by atoms with E-state index < -0.39 is 24.1 Å². The van der Waals surface area contributed by atoms with Crippen LogP contribution in [0.4, 0.5) is 4.79 Å². The standard InChI is InChI=1S/C22H37N3O5/c1-4-15-5-7-18(8-6-15)30-22(29)25-19(11-14(2)3)21(28)24-17(13-26)12-16-9-10-23-20(16)27/h13-19H,4-12H2,1-3H3,(H,23,27)(H,24,28)(H,25,29)/t15?,16-,17?,18?,19?/m0/s1. The molecule has 0 spiro atoms. The van der Waals surface area contributed by atoms with E-state index in [9.17, 15) is 19.2 Å². The molecule has 1 saturated heterocycles. The van der Waals surface area contributed by atoms with Crippen LogP contribution in [0.3, 0.4) is 0 Å². The van der Waals surface area contributed by atoms with Gasteiger partial charge in [0.2, 0.25) is 11.8 Å². The largest absolute Gasteiger partial charge is 0.446 e. The van der Waals surface area contributed by atoms with E-state index >= 15 is 0 Å². The predicted octanol–water partition coefficient (Wildman–Crippen LogP) is 2.31. The summed E-state index contributed by atoms with van der Waals surface area (Å²) >= 11 is 0. The lowest BCUT2D eigenvalue weighted by atomic mass is 9.86. The first kappa shape index (κ1) is 24.2. The Hall–Kier alpha value is -2.12. The first-order valence-corrected chi connectivity index (χ1v) is 11.3. The first-order chi connectivity index (χ1) is 14.3. The number of alkyl carbamates (subject to hydrolysis) is 1. The average Bonchev–Trinajstić information content (AvgIpc) is 3.11. The monoisotopic (exact) mass is 423 g/mol. The molecule has 0 aromatic carbocycles. The lowest BCUT2D eigenvalue weighted by molar-refractivity contribution is -0.127. The summed E-state index contributed by atoms with van der Waals surface area (Å²) in [6.45, 7) is 6.69.